The number of nitrogens with one attached hydrogen (secondary N) is 2. The van der Waals surface area contributed by atoms with Crippen molar-refractivity contribution in [2.45, 2.75) is 31.7 Å². The number of amides is 1. The molecule has 2 N–H and O–H groups in total. The topological polar surface area (TPSA) is 75.3 Å². The van der Waals surface area contributed by atoms with Crippen molar-refractivity contribution in [1.82, 2.24) is 5.32 Å². The van der Waals surface area contributed by atoms with Crippen molar-refractivity contribution in [2.75, 3.05) is 4.72 Å². The normalized spacial score (nSPS) is 12.1. The molecule has 0 heterocycles. The number of carbonyl (C=O) groups is 1. The van der Waals surface area contributed by atoms with Crippen LogP contribution in [0.1, 0.15) is 44.2 Å². The van der Waals surface area contributed by atoms with Crippen LogP contribution in [0.3, 0.4) is 0 Å². The van der Waals surface area contributed by atoms with Gasteiger partial charge in [0.2, 0.25) is 0 Å². The van der Waals surface area contributed by atoms with Gasteiger partial charge in [0.1, 0.15) is 0 Å². The molecule has 0 unspecified atom stereocenters. The number of hydrogen-bond acceptors (Lipinski definition) is 3. The molecule has 0 aromatic heterocycles. The highest BCUT2D eigenvalue weighted by Crippen LogP contribution is 2.26. The maximum absolute atomic E-state index is 13.4. The van der Waals surface area contributed by atoms with Crippen LogP contribution in [0.25, 0.3) is 0 Å². The molecule has 0 fully saturated rings. The summed E-state index contributed by atoms with van der Waals surface area (Å²) in [6, 6.07) is 29.1. The van der Waals surface area contributed by atoms with E-state index >= 15 is 0 Å². The van der Waals surface area contributed by atoms with Crippen molar-refractivity contribution >= 4 is 21.6 Å². The van der Waals surface area contributed by atoms with E-state index in [1.165, 1.54) is 6.07 Å². The highest BCUT2D eigenvalue weighted by Gasteiger charge is 2.22. The van der Waals surface area contributed by atoms with Crippen LogP contribution in [0, 0.1) is 20.8 Å². The fourth-order valence-corrected chi connectivity index (χ4v) is 5.38. The van der Waals surface area contributed by atoms with Gasteiger partial charge in [0, 0.05) is 11.3 Å². The molecular weight excluding hydrogens is 456 g/mol. The zero-order valence-corrected chi connectivity index (χ0v) is 20.8. The van der Waals surface area contributed by atoms with Crippen LogP contribution in [0.2, 0.25) is 0 Å². The van der Waals surface area contributed by atoms with Crippen LogP contribution in [0.15, 0.2) is 102 Å². The first kappa shape index (κ1) is 24.2. The second-order valence-corrected chi connectivity index (χ2v) is 10.3. The van der Waals surface area contributed by atoms with Crippen molar-refractivity contribution in [1.29, 1.82) is 0 Å². The summed E-state index contributed by atoms with van der Waals surface area (Å²) in [7, 11) is -3.89. The van der Waals surface area contributed by atoms with E-state index in [4.69, 9.17) is 0 Å². The maximum Gasteiger partial charge on any atom is 0.262 e. The van der Waals surface area contributed by atoms with E-state index in [0.717, 1.165) is 22.3 Å². The molecule has 0 saturated heterocycles. The van der Waals surface area contributed by atoms with E-state index in [-0.39, 0.29) is 22.4 Å². The van der Waals surface area contributed by atoms with Crippen LogP contribution in [0.4, 0.5) is 5.69 Å². The number of carbonyl (C=O) groups excluding carboxylic acids is 1. The van der Waals surface area contributed by atoms with E-state index < -0.39 is 10.0 Å². The number of hydrogen-bond donors (Lipinski definition) is 2. The van der Waals surface area contributed by atoms with Gasteiger partial charge in [-0.2, -0.15) is 0 Å². The largest absolute Gasteiger partial charge is 0.341 e. The van der Waals surface area contributed by atoms with Gasteiger partial charge in [-0.25, -0.2) is 8.42 Å². The third kappa shape index (κ3) is 5.61. The molecular formula is C29H28N2O3S. The molecule has 4 aromatic rings. The van der Waals surface area contributed by atoms with Crippen molar-refractivity contribution in [2.24, 2.45) is 0 Å². The number of anilines is 1. The Morgan fingerprint density at radius 1 is 0.743 bits per heavy atom. The molecule has 0 aliphatic carbocycles. The van der Waals surface area contributed by atoms with E-state index in [1.54, 1.807) is 37.3 Å². The Kier molecular flexibility index (Phi) is 7.03. The maximum atomic E-state index is 13.4. The van der Waals surface area contributed by atoms with Crippen molar-refractivity contribution < 1.29 is 13.2 Å². The lowest BCUT2D eigenvalue weighted by molar-refractivity contribution is 0.0942. The number of rotatable bonds is 7. The molecule has 6 heteroatoms. The molecule has 1 atom stereocenters. The van der Waals surface area contributed by atoms with Gasteiger partial charge in [0.05, 0.1) is 10.9 Å². The van der Waals surface area contributed by atoms with Gasteiger partial charge in [-0.05, 0) is 72.9 Å². The van der Waals surface area contributed by atoms with Gasteiger partial charge >= 0.3 is 0 Å². The molecule has 35 heavy (non-hydrogen) atoms. The lowest BCUT2D eigenvalue weighted by Crippen LogP contribution is -2.30. The molecule has 4 aromatic carbocycles. The molecule has 0 aliphatic rings. The third-order valence-corrected chi connectivity index (χ3v) is 7.44. The molecule has 178 valence electrons. The Morgan fingerprint density at radius 2 is 1.46 bits per heavy atom. The summed E-state index contributed by atoms with van der Waals surface area (Å²) < 4.78 is 29.0. The summed E-state index contributed by atoms with van der Waals surface area (Å²) >= 11 is 0. The summed E-state index contributed by atoms with van der Waals surface area (Å²) in [5.74, 6) is -0.353. The molecule has 0 aliphatic heterocycles. The summed E-state index contributed by atoms with van der Waals surface area (Å²) in [4.78, 5) is 13.4. The van der Waals surface area contributed by atoms with E-state index in [1.807, 2.05) is 74.5 Å². The van der Waals surface area contributed by atoms with Gasteiger partial charge in [0.15, 0.2) is 0 Å². The Morgan fingerprint density at radius 3 is 2.17 bits per heavy atom. The van der Waals surface area contributed by atoms with Crippen molar-refractivity contribution in [3.05, 3.63) is 130 Å². The molecule has 0 spiro atoms. The lowest BCUT2D eigenvalue weighted by Gasteiger charge is -2.22. The number of aryl methyl sites for hydroxylation is 3. The molecule has 0 saturated carbocycles. The zero-order chi connectivity index (χ0) is 25.0. The van der Waals surface area contributed by atoms with E-state index in [2.05, 4.69) is 10.0 Å². The average Bonchev–Trinajstić information content (AvgIpc) is 2.83. The fourth-order valence-electron chi connectivity index (χ4n) is 4.06. The van der Waals surface area contributed by atoms with Gasteiger partial charge in [-0.3, -0.25) is 9.52 Å². The first-order valence-electron chi connectivity index (χ1n) is 11.4. The van der Waals surface area contributed by atoms with Gasteiger partial charge < -0.3 is 5.32 Å². The summed E-state index contributed by atoms with van der Waals surface area (Å²) in [6.45, 7) is 5.61. The van der Waals surface area contributed by atoms with E-state index in [9.17, 15) is 13.2 Å². The molecule has 1 amide bonds. The van der Waals surface area contributed by atoms with Crippen LogP contribution in [-0.2, 0) is 10.0 Å². The molecule has 0 bridgehead atoms. The number of benzene rings is 4. The molecule has 4 rings (SSSR count). The molecule has 5 nitrogen and oxygen atoms in total. The Hall–Kier alpha value is -3.90. The summed E-state index contributed by atoms with van der Waals surface area (Å²) in [5, 5.41) is 3.11. The third-order valence-electron chi connectivity index (χ3n) is 5.92. The van der Waals surface area contributed by atoms with Crippen LogP contribution in [0.5, 0.6) is 0 Å². The zero-order valence-electron chi connectivity index (χ0n) is 19.9. The smallest absolute Gasteiger partial charge is 0.262 e. The van der Waals surface area contributed by atoms with Gasteiger partial charge in [0.25, 0.3) is 15.9 Å². The first-order valence-corrected chi connectivity index (χ1v) is 12.8. The monoisotopic (exact) mass is 484 g/mol. The Labute approximate surface area is 206 Å². The highest BCUT2D eigenvalue weighted by molar-refractivity contribution is 7.92. The summed E-state index contributed by atoms with van der Waals surface area (Å²) in [5.41, 5.74) is 5.22. The van der Waals surface area contributed by atoms with E-state index in [0.29, 0.717) is 11.3 Å². The minimum Gasteiger partial charge on any atom is -0.341 e. The fraction of sp³-hybridized carbons (Fsp3) is 0.138. The number of sulfonamides is 1. The average molecular weight is 485 g/mol. The van der Waals surface area contributed by atoms with Crippen molar-refractivity contribution in [3.63, 3.8) is 0 Å². The second kappa shape index (κ2) is 10.2. The SMILES string of the molecule is Cc1cccc(NS(=O)(=O)c2cc(C(=O)N[C@H](c3ccccc3)c3ccccc3C)ccc2C)c1. The van der Waals surface area contributed by atoms with Crippen molar-refractivity contribution in [3.8, 4) is 0 Å². The first-order chi connectivity index (χ1) is 16.7. The highest BCUT2D eigenvalue weighted by atomic mass is 32.2. The summed E-state index contributed by atoms with van der Waals surface area (Å²) in [6.07, 6.45) is 0. The minimum absolute atomic E-state index is 0.0683. The van der Waals surface area contributed by atoms with Gasteiger partial charge in [-0.1, -0.05) is 72.8 Å². The quantitative estimate of drug-likeness (QED) is 0.341. The van der Waals surface area contributed by atoms with Gasteiger partial charge in [-0.15, -0.1) is 0 Å². The predicted molar refractivity (Wildman–Crippen MR) is 140 cm³/mol. The van der Waals surface area contributed by atoms with Crippen LogP contribution in [-0.4, -0.2) is 14.3 Å². The second-order valence-electron chi connectivity index (χ2n) is 8.63. The van der Waals surface area contributed by atoms with Crippen LogP contribution < -0.4 is 10.0 Å². The lowest BCUT2D eigenvalue weighted by atomic mass is 9.94. The molecule has 0 radical (unpaired) electrons. The Bertz CT molecular complexity index is 1460. The Balaban J connectivity index is 1.66. The standard InChI is InChI=1S/C29H28N2O3S/c1-20-10-9-14-25(18-20)31-35(33,34)27-19-24(17-16-22(27)3)29(32)30-28(23-12-5-4-6-13-23)26-15-8-7-11-21(26)2/h4-19,28,31H,1-3H3,(H,30,32)/t28-/m1/s1. The van der Waals surface area contributed by atoms with Crippen LogP contribution >= 0.6 is 0 Å². The minimum atomic E-state index is -3.89. The predicted octanol–water partition coefficient (Wildman–Crippen LogP) is 5.93.